The predicted octanol–water partition coefficient (Wildman–Crippen LogP) is 2.56. The average Bonchev–Trinajstić information content (AvgIpc) is 2.53. The molecule has 1 amide bonds. The Morgan fingerprint density at radius 3 is 2.29 bits per heavy atom. The molecule has 0 fully saturated rings. The summed E-state index contributed by atoms with van der Waals surface area (Å²) >= 11 is 0. The molecule has 5 nitrogen and oxygen atoms in total. The zero-order valence-electron chi connectivity index (χ0n) is 12.3. The maximum atomic E-state index is 12.6. The molecule has 110 valence electrons. The molecule has 2 aromatic carbocycles. The summed E-state index contributed by atoms with van der Waals surface area (Å²) in [5, 5.41) is 0. The van der Waals surface area contributed by atoms with Gasteiger partial charge in [-0.15, -0.1) is 0 Å². The number of hydrogen-bond donors (Lipinski definition) is 1. The normalized spacial score (nSPS) is 10.0. The van der Waals surface area contributed by atoms with Crippen LogP contribution >= 0.6 is 0 Å². The van der Waals surface area contributed by atoms with E-state index >= 15 is 0 Å². The van der Waals surface area contributed by atoms with Gasteiger partial charge in [0.1, 0.15) is 11.5 Å². The molecule has 0 aliphatic rings. The highest BCUT2D eigenvalue weighted by molar-refractivity contribution is 6.08. The van der Waals surface area contributed by atoms with Gasteiger partial charge in [-0.3, -0.25) is 4.79 Å². The number of ether oxygens (including phenoxy) is 2. The first-order valence-corrected chi connectivity index (χ1v) is 6.42. The lowest BCUT2D eigenvalue weighted by molar-refractivity contribution is 0.0990. The first kappa shape index (κ1) is 14.7. The molecule has 0 heterocycles. The number of benzene rings is 2. The lowest BCUT2D eigenvalue weighted by Crippen LogP contribution is -2.26. The average molecular weight is 286 g/mol. The molecule has 0 aliphatic carbocycles. The van der Waals surface area contributed by atoms with Crippen molar-refractivity contribution >= 4 is 17.3 Å². The fraction of sp³-hybridized carbons (Fsp3) is 0.188. The van der Waals surface area contributed by atoms with Crippen LogP contribution in [0.2, 0.25) is 0 Å². The van der Waals surface area contributed by atoms with Crippen molar-refractivity contribution in [1.29, 1.82) is 0 Å². The molecular weight excluding hydrogens is 268 g/mol. The highest BCUT2D eigenvalue weighted by Crippen LogP contribution is 2.25. The van der Waals surface area contributed by atoms with Crippen LogP contribution in [-0.2, 0) is 0 Å². The molecule has 0 radical (unpaired) electrons. The maximum Gasteiger partial charge on any atom is 0.261 e. The Morgan fingerprint density at radius 1 is 1.05 bits per heavy atom. The van der Waals surface area contributed by atoms with Gasteiger partial charge in [0, 0.05) is 18.4 Å². The van der Waals surface area contributed by atoms with E-state index in [2.05, 4.69) is 0 Å². The third-order valence-corrected chi connectivity index (χ3v) is 3.22. The second-order valence-corrected chi connectivity index (χ2v) is 4.52. The van der Waals surface area contributed by atoms with Crippen LogP contribution in [0.4, 0.5) is 11.4 Å². The molecule has 2 rings (SSSR count). The first-order chi connectivity index (χ1) is 10.1. The highest BCUT2D eigenvalue weighted by atomic mass is 16.5. The minimum Gasteiger partial charge on any atom is -0.497 e. The molecule has 0 aromatic heterocycles. The predicted molar refractivity (Wildman–Crippen MR) is 83.1 cm³/mol. The highest BCUT2D eigenvalue weighted by Gasteiger charge is 2.18. The molecule has 0 saturated carbocycles. The van der Waals surface area contributed by atoms with Gasteiger partial charge in [0.25, 0.3) is 5.91 Å². The molecule has 5 heteroatoms. The van der Waals surface area contributed by atoms with Crippen LogP contribution in [0.5, 0.6) is 11.5 Å². The van der Waals surface area contributed by atoms with E-state index in [9.17, 15) is 4.79 Å². The summed E-state index contributed by atoms with van der Waals surface area (Å²) in [6.07, 6.45) is 0. The SMILES string of the molecule is COc1ccc(N(C)C(=O)c2cc(N)ccc2OC)cc1. The van der Waals surface area contributed by atoms with Gasteiger partial charge >= 0.3 is 0 Å². The van der Waals surface area contributed by atoms with E-state index in [4.69, 9.17) is 15.2 Å². The van der Waals surface area contributed by atoms with Crippen molar-refractivity contribution in [2.45, 2.75) is 0 Å². The molecule has 2 aromatic rings. The molecule has 0 saturated heterocycles. The van der Waals surface area contributed by atoms with Crippen molar-refractivity contribution in [2.24, 2.45) is 0 Å². The topological polar surface area (TPSA) is 64.8 Å². The van der Waals surface area contributed by atoms with E-state index in [0.717, 1.165) is 11.4 Å². The number of rotatable bonds is 4. The standard InChI is InChI=1S/C16H18N2O3/c1-18(12-5-7-13(20-2)8-6-12)16(19)14-10-11(17)4-9-15(14)21-3/h4-10H,17H2,1-3H3. The molecule has 0 aliphatic heterocycles. The Bertz CT molecular complexity index is 638. The molecule has 21 heavy (non-hydrogen) atoms. The third kappa shape index (κ3) is 3.08. The Balaban J connectivity index is 2.32. The fourth-order valence-electron chi connectivity index (χ4n) is 2.00. The summed E-state index contributed by atoms with van der Waals surface area (Å²) in [6.45, 7) is 0. The minimum atomic E-state index is -0.190. The van der Waals surface area contributed by atoms with Crippen LogP contribution in [0.1, 0.15) is 10.4 Å². The summed E-state index contributed by atoms with van der Waals surface area (Å²) in [5.74, 6) is 1.04. The van der Waals surface area contributed by atoms with Crippen molar-refractivity contribution < 1.29 is 14.3 Å². The second kappa shape index (κ2) is 6.17. The van der Waals surface area contributed by atoms with Crippen LogP contribution in [-0.4, -0.2) is 27.2 Å². The third-order valence-electron chi connectivity index (χ3n) is 3.22. The Labute approximate surface area is 123 Å². The lowest BCUT2D eigenvalue weighted by atomic mass is 10.1. The van der Waals surface area contributed by atoms with E-state index in [1.54, 1.807) is 44.5 Å². The number of amides is 1. The zero-order chi connectivity index (χ0) is 15.4. The Morgan fingerprint density at radius 2 is 1.71 bits per heavy atom. The van der Waals surface area contributed by atoms with Gasteiger partial charge in [-0.25, -0.2) is 0 Å². The minimum absolute atomic E-state index is 0.190. The van der Waals surface area contributed by atoms with Crippen LogP contribution in [0, 0.1) is 0 Å². The number of nitrogens with two attached hydrogens (primary N) is 1. The molecule has 0 atom stereocenters. The largest absolute Gasteiger partial charge is 0.497 e. The summed E-state index contributed by atoms with van der Waals surface area (Å²) in [4.78, 5) is 14.1. The van der Waals surface area contributed by atoms with Crippen molar-refractivity contribution in [3.05, 3.63) is 48.0 Å². The first-order valence-electron chi connectivity index (χ1n) is 6.42. The van der Waals surface area contributed by atoms with Crippen molar-refractivity contribution in [2.75, 3.05) is 31.9 Å². The lowest BCUT2D eigenvalue weighted by Gasteiger charge is -2.19. The van der Waals surface area contributed by atoms with Crippen LogP contribution in [0.15, 0.2) is 42.5 Å². The number of nitrogens with zero attached hydrogens (tertiary/aromatic N) is 1. The molecule has 0 spiro atoms. The van der Waals surface area contributed by atoms with Crippen LogP contribution in [0.25, 0.3) is 0 Å². The Hall–Kier alpha value is -2.69. The number of carbonyl (C=O) groups excluding carboxylic acids is 1. The number of anilines is 2. The monoisotopic (exact) mass is 286 g/mol. The smallest absolute Gasteiger partial charge is 0.261 e. The van der Waals surface area contributed by atoms with Gasteiger partial charge in [0.15, 0.2) is 0 Å². The van der Waals surface area contributed by atoms with Crippen molar-refractivity contribution in [3.8, 4) is 11.5 Å². The summed E-state index contributed by atoms with van der Waals surface area (Å²) in [6, 6.07) is 12.2. The van der Waals surface area contributed by atoms with E-state index in [0.29, 0.717) is 17.0 Å². The number of hydrogen-bond acceptors (Lipinski definition) is 4. The van der Waals surface area contributed by atoms with Crippen LogP contribution in [0.3, 0.4) is 0 Å². The van der Waals surface area contributed by atoms with Crippen molar-refractivity contribution in [1.82, 2.24) is 0 Å². The zero-order valence-corrected chi connectivity index (χ0v) is 12.3. The number of nitrogen functional groups attached to an aromatic ring is 1. The Kier molecular flexibility index (Phi) is 4.33. The van der Waals surface area contributed by atoms with E-state index < -0.39 is 0 Å². The van der Waals surface area contributed by atoms with Gasteiger partial charge < -0.3 is 20.1 Å². The van der Waals surface area contributed by atoms with E-state index in [1.165, 1.54) is 12.0 Å². The molecule has 0 unspecified atom stereocenters. The van der Waals surface area contributed by atoms with Crippen molar-refractivity contribution in [3.63, 3.8) is 0 Å². The summed E-state index contributed by atoms with van der Waals surface area (Å²) in [7, 11) is 4.82. The van der Waals surface area contributed by atoms with E-state index in [1.807, 2.05) is 12.1 Å². The van der Waals surface area contributed by atoms with Gasteiger partial charge in [0.2, 0.25) is 0 Å². The van der Waals surface area contributed by atoms with E-state index in [-0.39, 0.29) is 5.91 Å². The summed E-state index contributed by atoms with van der Waals surface area (Å²) in [5.41, 5.74) is 7.45. The van der Waals surface area contributed by atoms with Crippen LogP contribution < -0.4 is 20.1 Å². The quantitative estimate of drug-likeness (QED) is 0.877. The molecular formula is C16H18N2O3. The molecule has 2 N–H and O–H groups in total. The van der Waals surface area contributed by atoms with Gasteiger partial charge in [0.05, 0.1) is 19.8 Å². The van der Waals surface area contributed by atoms with Gasteiger partial charge in [-0.1, -0.05) is 0 Å². The number of methoxy groups -OCH3 is 2. The van der Waals surface area contributed by atoms with Gasteiger partial charge in [-0.2, -0.15) is 0 Å². The second-order valence-electron chi connectivity index (χ2n) is 4.52. The maximum absolute atomic E-state index is 12.6. The van der Waals surface area contributed by atoms with Gasteiger partial charge in [-0.05, 0) is 42.5 Å². The fourth-order valence-corrected chi connectivity index (χ4v) is 2.00. The number of carbonyl (C=O) groups is 1. The summed E-state index contributed by atoms with van der Waals surface area (Å²) < 4.78 is 10.3. The molecule has 0 bridgehead atoms.